The first-order chi connectivity index (χ1) is 1.41. The average Bonchev–Trinajstić information content (AvgIpc) is 0.918. The van der Waals surface area contributed by atoms with Crippen molar-refractivity contribution in [2.24, 2.45) is 0 Å². The summed E-state index contributed by atoms with van der Waals surface area (Å²) in [6, 6.07) is 0. The Bertz CT molecular complexity index is 24.3. The van der Waals surface area contributed by atoms with Crippen LogP contribution in [-0.4, -0.2) is 20.8 Å². The fourth-order valence-corrected chi connectivity index (χ4v) is 0. The van der Waals surface area contributed by atoms with Gasteiger partial charge in [-0.25, -0.2) is 0 Å². The number of hydrogen-bond acceptors (Lipinski definition) is 2. The molecule has 0 heterocycles. The van der Waals surface area contributed by atoms with Gasteiger partial charge in [0.05, 0.1) is 0 Å². The molecule has 0 radical (unpaired) electrons. The van der Waals surface area contributed by atoms with E-state index in [9.17, 15) is 0 Å². The van der Waals surface area contributed by atoms with E-state index in [0.29, 0.717) is 0 Å². The van der Waals surface area contributed by atoms with Gasteiger partial charge in [0.2, 0.25) is 0 Å². The van der Waals surface area contributed by atoms with Crippen LogP contribution in [0.15, 0.2) is 0 Å². The molecule has 0 aromatic heterocycles. The van der Waals surface area contributed by atoms with Gasteiger partial charge in [0.15, 0.2) is 0 Å². The molecule has 0 saturated heterocycles. The van der Waals surface area contributed by atoms with E-state index in [1.165, 1.54) is 0 Å². The summed E-state index contributed by atoms with van der Waals surface area (Å²) >= 11 is -2.00. The Kier molecular flexibility index (Phi) is 25.2. The quantitative estimate of drug-likeness (QED) is 0.370. The maximum atomic E-state index is 8.50. The van der Waals surface area contributed by atoms with E-state index < -0.39 is 15.3 Å². The van der Waals surface area contributed by atoms with Crippen LogP contribution in [-0.2, 0) is 7.56 Å². The molecule has 0 bridgehead atoms. The van der Waals surface area contributed by atoms with E-state index in [1.807, 2.05) is 0 Å². The summed E-state index contributed by atoms with van der Waals surface area (Å²) in [7, 11) is 0. The summed E-state index contributed by atoms with van der Waals surface area (Å²) in [6.45, 7) is 0. The minimum absolute atomic E-state index is 0. The molecule has 0 aliphatic carbocycles. The summed E-state index contributed by atoms with van der Waals surface area (Å²) in [6.07, 6.45) is 0. The molecule has 0 unspecified atom stereocenters. The zero-order chi connectivity index (χ0) is 2.71. The molecule has 24 valence electrons. The molecule has 4 heavy (non-hydrogen) atoms. The molecule has 0 rings (SSSR count). The third-order valence-corrected chi connectivity index (χ3v) is 0. The maximum absolute atomic E-state index is 8.50. The van der Waals surface area contributed by atoms with E-state index in [1.54, 1.807) is 0 Å². The van der Waals surface area contributed by atoms with Gasteiger partial charge in [0, 0.05) is 0 Å². The Morgan fingerprint density at radius 1 is 1.25 bits per heavy atom. The van der Waals surface area contributed by atoms with Crippen LogP contribution in [0.3, 0.4) is 0 Å². The minimum atomic E-state index is -2.00. The van der Waals surface area contributed by atoms with Crippen LogP contribution in [0.1, 0.15) is 0 Å². The van der Waals surface area contributed by atoms with Crippen LogP contribution in [0, 0.1) is 0 Å². The van der Waals surface area contributed by atoms with Crippen molar-refractivity contribution in [1.82, 2.24) is 0 Å². The normalized spacial score (nSPS) is 2.00. The molecule has 0 aliphatic rings. The predicted octanol–water partition coefficient (Wildman–Crippen LogP) is -1.44. The molecule has 0 fully saturated rings. The molecule has 0 aliphatic heterocycles. The third-order valence-electron chi connectivity index (χ3n) is 0. The van der Waals surface area contributed by atoms with Crippen molar-refractivity contribution in [3.8, 4) is 0 Å². The molecular formula is H2GeO3. The summed E-state index contributed by atoms with van der Waals surface area (Å²) in [5.74, 6) is 0. The number of hydrogen-bond donors (Lipinski definition) is 0. The van der Waals surface area contributed by atoms with Crippen LogP contribution in [0.2, 0.25) is 0 Å². The first-order valence-electron chi connectivity index (χ1n) is 0.408. The van der Waals surface area contributed by atoms with E-state index in [2.05, 4.69) is 0 Å². The second kappa shape index (κ2) is 11.3. The predicted molar refractivity (Wildman–Crippen MR) is 10.7 cm³/mol. The van der Waals surface area contributed by atoms with Crippen molar-refractivity contribution >= 4 is 15.3 Å². The standard InChI is InChI=1S/GeO2.H2O/c2-1-3;/h;1H2. The van der Waals surface area contributed by atoms with E-state index in [4.69, 9.17) is 7.56 Å². The fraction of sp³-hybridized carbons (Fsp3) is 0. The summed E-state index contributed by atoms with van der Waals surface area (Å²) in [5, 5.41) is 0. The Hall–Kier alpha value is 0.103. The zero-order valence-electron chi connectivity index (χ0n) is 1.82. The van der Waals surface area contributed by atoms with Gasteiger partial charge < -0.3 is 5.48 Å². The second-order valence-corrected chi connectivity index (χ2v) is 0.433. The van der Waals surface area contributed by atoms with Crippen LogP contribution in [0.4, 0.5) is 0 Å². The van der Waals surface area contributed by atoms with Crippen molar-refractivity contribution in [3.63, 3.8) is 0 Å². The average molecular weight is 123 g/mol. The van der Waals surface area contributed by atoms with Gasteiger partial charge in [-0.2, -0.15) is 0 Å². The Morgan fingerprint density at radius 2 is 1.25 bits per heavy atom. The molecule has 3 nitrogen and oxygen atoms in total. The fourth-order valence-electron chi connectivity index (χ4n) is 0. The summed E-state index contributed by atoms with van der Waals surface area (Å²) in [4.78, 5) is 0. The van der Waals surface area contributed by atoms with Gasteiger partial charge in [0.25, 0.3) is 0 Å². The number of rotatable bonds is 0. The van der Waals surface area contributed by atoms with Gasteiger partial charge in [-0.15, -0.1) is 0 Å². The molecule has 0 spiro atoms. The van der Waals surface area contributed by atoms with Crippen LogP contribution < -0.4 is 0 Å². The Balaban J connectivity index is 0. The second-order valence-electron chi connectivity index (χ2n) is 0.0833. The molecular weight excluding hydrogens is 121 g/mol. The third kappa shape index (κ3) is 242. The van der Waals surface area contributed by atoms with Gasteiger partial charge in [-0.3, -0.25) is 0 Å². The van der Waals surface area contributed by atoms with Crippen molar-refractivity contribution < 1.29 is 13.0 Å². The SMILES string of the molecule is O.[O]=[Ge]=[O]. The first-order valence-corrected chi connectivity index (χ1v) is 2.12. The van der Waals surface area contributed by atoms with Crippen molar-refractivity contribution in [3.05, 3.63) is 0 Å². The van der Waals surface area contributed by atoms with Crippen LogP contribution in [0.25, 0.3) is 0 Å². The molecule has 4 heteroatoms. The van der Waals surface area contributed by atoms with E-state index >= 15 is 0 Å². The first kappa shape index (κ1) is 8.93. The van der Waals surface area contributed by atoms with E-state index in [0.717, 1.165) is 0 Å². The Morgan fingerprint density at radius 3 is 1.25 bits per heavy atom. The molecule has 0 aromatic rings. The Labute approximate surface area is 29.2 Å². The molecule has 2 N–H and O–H groups in total. The van der Waals surface area contributed by atoms with Gasteiger partial charge in [-0.1, -0.05) is 0 Å². The van der Waals surface area contributed by atoms with Gasteiger partial charge in [-0.05, 0) is 0 Å². The van der Waals surface area contributed by atoms with Crippen molar-refractivity contribution in [2.75, 3.05) is 0 Å². The van der Waals surface area contributed by atoms with Crippen LogP contribution in [0.5, 0.6) is 0 Å². The van der Waals surface area contributed by atoms with Gasteiger partial charge >= 0.3 is 22.9 Å². The molecule has 0 saturated carbocycles. The van der Waals surface area contributed by atoms with Gasteiger partial charge in [0.1, 0.15) is 0 Å². The summed E-state index contributed by atoms with van der Waals surface area (Å²) < 4.78 is 17.0. The molecule has 0 atom stereocenters. The summed E-state index contributed by atoms with van der Waals surface area (Å²) in [5.41, 5.74) is 0. The van der Waals surface area contributed by atoms with Crippen molar-refractivity contribution in [1.29, 1.82) is 0 Å². The molecule has 0 aromatic carbocycles. The molecule has 0 amide bonds. The monoisotopic (exact) mass is 124 g/mol. The van der Waals surface area contributed by atoms with E-state index in [-0.39, 0.29) is 5.48 Å². The zero-order valence-corrected chi connectivity index (χ0v) is 3.91. The topological polar surface area (TPSA) is 65.6 Å². The van der Waals surface area contributed by atoms with Crippen molar-refractivity contribution in [2.45, 2.75) is 0 Å². The van der Waals surface area contributed by atoms with Crippen LogP contribution >= 0.6 is 0 Å².